The van der Waals surface area contributed by atoms with Crippen LogP contribution in [0.1, 0.15) is 15.9 Å². The van der Waals surface area contributed by atoms with Gasteiger partial charge in [-0.3, -0.25) is 14.9 Å². The smallest absolute Gasteiger partial charge is 0.273 e. The molecule has 7 nitrogen and oxygen atoms in total. The van der Waals surface area contributed by atoms with Gasteiger partial charge in [-0.2, -0.15) is 0 Å². The third-order valence-corrected chi connectivity index (χ3v) is 6.10. The van der Waals surface area contributed by atoms with Gasteiger partial charge in [0, 0.05) is 32.9 Å². The van der Waals surface area contributed by atoms with Crippen molar-refractivity contribution in [1.29, 1.82) is 0 Å². The first-order chi connectivity index (χ1) is 15.9. The Morgan fingerprint density at radius 3 is 2.64 bits per heavy atom. The summed E-state index contributed by atoms with van der Waals surface area (Å²) in [4.78, 5) is 28.0. The molecule has 0 aliphatic heterocycles. The molecule has 0 aliphatic rings. The number of nitro groups is 1. The number of nitro benzene ring substituents is 1. The Hall–Kier alpha value is -4.04. The van der Waals surface area contributed by atoms with Crippen LogP contribution >= 0.6 is 15.9 Å². The molecule has 1 heterocycles. The number of anilines is 1. The summed E-state index contributed by atoms with van der Waals surface area (Å²) >= 11 is 3.58. The van der Waals surface area contributed by atoms with E-state index in [-0.39, 0.29) is 11.3 Å². The first-order valence-corrected chi connectivity index (χ1v) is 10.8. The standard InChI is InChI=1S/C25H16BrN3O4/c1-14-8-9-15(12-22(14)29(31)32)24(30)27-16-10-11-23-21(13-16)28-25(33-23)19-6-2-5-18-17(19)4-3-7-20(18)26/h2-13H,1H3,(H,27,30). The van der Waals surface area contributed by atoms with Crippen LogP contribution in [0.3, 0.4) is 0 Å². The number of fused-ring (bicyclic) bond motifs is 2. The zero-order valence-corrected chi connectivity index (χ0v) is 18.9. The van der Waals surface area contributed by atoms with E-state index >= 15 is 0 Å². The summed E-state index contributed by atoms with van der Waals surface area (Å²) in [6.45, 7) is 1.63. The van der Waals surface area contributed by atoms with E-state index in [0.717, 1.165) is 20.8 Å². The molecular formula is C25H16BrN3O4. The molecule has 0 spiro atoms. The molecule has 5 rings (SSSR count). The average molecular weight is 502 g/mol. The lowest BCUT2D eigenvalue weighted by atomic mass is 10.0. The lowest BCUT2D eigenvalue weighted by Crippen LogP contribution is -2.12. The van der Waals surface area contributed by atoms with Crippen molar-refractivity contribution in [1.82, 2.24) is 4.98 Å². The molecule has 0 saturated carbocycles. The monoisotopic (exact) mass is 501 g/mol. The van der Waals surface area contributed by atoms with Gasteiger partial charge in [0.05, 0.1) is 4.92 Å². The van der Waals surface area contributed by atoms with E-state index in [1.807, 2.05) is 36.4 Å². The summed E-state index contributed by atoms with van der Waals surface area (Å²) < 4.78 is 6.97. The number of nitrogens with zero attached hydrogens (tertiary/aromatic N) is 2. The predicted molar refractivity (Wildman–Crippen MR) is 130 cm³/mol. The summed E-state index contributed by atoms with van der Waals surface area (Å²) in [5.41, 5.74) is 3.15. The maximum Gasteiger partial charge on any atom is 0.273 e. The van der Waals surface area contributed by atoms with Crippen molar-refractivity contribution >= 4 is 55.1 Å². The minimum atomic E-state index is -0.499. The molecule has 0 aliphatic carbocycles. The number of hydrogen-bond donors (Lipinski definition) is 1. The second kappa shape index (κ2) is 8.14. The quantitative estimate of drug-likeness (QED) is 0.213. The Labute approximate surface area is 196 Å². The van der Waals surface area contributed by atoms with Gasteiger partial charge in [-0.05, 0) is 54.1 Å². The molecule has 5 aromatic rings. The first kappa shape index (κ1) is 20.8. The first-order valence-electron chi connectivity index (χ1n) is 10.1. The van der Waals surface area contributed by atoms with Crippen molar-refractivity contribution in [3.63, 3.8) is 0 Å². The maximum atomic E-state index is 12.7. The van der Waals surface area contributed by atoms with Crippen LogP contribution in [0.4, 0.5) is 11.4 Å². The third-order valence-electron chi connectivity index (χ3n) is 5.41. The number of aryl methyl sites for hydroxylation is 1. The van der Waals surface area contributed by atoms with Crippen molar-refractivity contribution in [3.8, 4) is 11.5 Å². The number of benzene rings is 4. The van der Waals surface area contributed by atoms with E-state index in [4.69, 9.17) is 4.42 Å². The molecule has 0 atom stereocenters. The van der Waals surface area contributed by atoms with Gasteiger partial charge in [0.1, 0.15) is 5.52 Å². The SMILES string of the molecule is Cc1ccc(C(=O)Nc2ccc3oc(-c4cccc5c(Br)cccc45)nc3c2)cc1[N+](=O)[O-]. The molecule has 162 valence electrons. The summed E-state index contributed by atoms with van der Waals surface area (Å²) in [7, 11) is 0. The number of carbonyl (C=O) groups excluding carboxylic acids is 1. The van der Waals surface area contributed by atoms with E-state index in [0.29, 0.717) is 28.2 Å². The molecule has 4 aromatic carbocycles. The summed E-state index contributed by atoms with van der Waals surface area (Å²) in [5.74, 6) is 0.0337. The largest absolute Gasteiger partial charge is 0.436 e. The van der Waals surface area contributed by atoms with Crippen LogP contribution in [0.5, 0.6) is 0 Å². The number of carbonyl (C=O) groups is 1. The van der Waals surface area contributed by atoms with E-state index in [2.05, 4.69) is 26.2 Å². The average Bonchev–Trinajstić information content (AvgIpc) is 3.22. The van der Waals surface area contributed by atoms with Gasteiger partial charge in [0.25, 0.3) is 11.6 Å². The second-order valence-electron chi connectivity index (χ2n) is 7.55. The Morgan fingerprint density at radius 1 is 1.03 bits per heavy atom. The normalized spacial score (nSPS) is 11.1. The summed E-state index contributed by atoms with van der Waals surface area (Å²) in [6.07, 6.45) is 0. The topological polar surface area (TPSA) is 98.3 Å². The highest BCUT2D eigenvalue weighted by atomic mass is 79.9. The minimum Gasteiger partial charge on any atom is -0.436 e. The maximum absolute atomic E-state index is 12.7. The van der Waals surface area contributed by atoms with Gasteiger partial charge in [-0.25, -0.2) is 4.98 Å². The van der Waals surface area contributed by atoms with Gasteiger partial charge in [-0.1, -0.05) is 46.3 Å². The van der Waals surface area contributed by atoms with Crippen LogP contribution in [0, 0.1) is 17.0 Å². The molecule has 1 aromatic heterocycles. The van der Waals surface area contributed by atoms with E-state index in [1.54, 1.807) is 37.3 Å². The molecule has 0 saturated heterocycles. The molecule has 0 fully saturated rings. The van der Waals surface area contributed by atoms with Crippen LogP contribution in [0.25, 0.3) is 33.3 Å². The molecule has 8 heteroatoms. The number of oxazole rings is 1. The number of amides is 1. The van der Waals surface area contributed by atoms with E-state index in [9.17, 15) is 14.9 Å². The fourth-order valence-corrected chi connectivity index (χ4v) is 4.23. The Kier molecular flexibility index (Phi) is 5.14. The van der Waals surface area contributed by atoms with E-state index in [1.165, 1.54) is 6.07 Å². The van der Waals surface area contributed by atoms with Crippen molar-refractivity contribution in [2.75, 3.05) is 5.32 Å². The van der Waals surface area contributed by atoms with Crippen molar-refractivity contribution in [3.05, 3.63) is 98.5 Å². The Morgan fingerprint density at radius 2 is 1.82 bits per heavy atom. The number of rotatable bonds is 4. The number of hydrogen-bond acceptors (Lipinski definition) is 5. The van der Waals surface area contributed by atoms with Gasteiger partial charge in [0.15, 0.2) is 5.58 Å². The summed E-state index contributed by atoms with van der Waals surface area (Å²) in [5, 5.41) is 16.0. The van der Waals surface area contributed by atoms with E-state index < -0.39 is 10.8 Å². The highest BCUT2D eigenvalue weighted by Gasteiger charge is 2.16. The van der Waals surface area contributed by atoms with Crippen LogP contribution in [-0.2, 0) is 0 Å². The highest BCUT2D eigenvalue weighted by molar-refractivity contribution is 9.10. The molecule has 33 heavy (non-hydrogen) atoms. The van der Waals surface area contributed by atoms with Crippen LogP contribution in [0.2, 0.25) is 0 Å². The van der Waals surface area contributed by atoms with Crippen molar-refractivity contribution < 1.29 is 14.1 Å². The molecule has 0 bridgehead atoms. The predicted octanol–water partition coefficient (Wildman–Crippen LogP) is 6.88. The van der Waals surface area contributed by atoms with Gasteiger partial charge >= 0.3 is 0 Å². The zero-order chi connectivity index (χ0) is 23.1. The van der Waals surface area contributed by atoms with Crippen LogP contribution in [0.15, 0.2) is 81.7 Å². The van der Waals surface area contributed by atoms with Crippen molar-refractivity contribution in [2.24, 2.45) is 0 Å². The number of aromatic nitrogens is 1. The van der Waals surface area contributed by atoms with Gasteiger partial charge in [0.2, 0.25) is 5.89 Å². The molecule has 0 radical (unpaired) electrons. The molecular weight excluding hydrogens is 486 g/mol. The number of halogens is 1. The third kappa shape index (κ3) is 3.85. The highest BCUT2D eigenvalue weighted by Crippen LogP contribution is 2.34. The number of nitrogens with one attached hydrogen (secondary N) is 1. The van der Waals surface area contributed by atoms with Crippen molar-refractivity contribution in [2.45, 2.75) is 6.92 Å². The zero-order valence-electron chi connectivity index (χ0n) is 17.3. The van der Waals surface area contributed by atoms with Gasteiger partial charge in [-0.15, -0.1) is 0 Å². The summed E-state index contributed by atoms with van der Waals surface area (Å²) in [6, 6.07) is 21.4. The Bertz CT molecular complexity index is 1580. The van der Waals surface area contributed by atoms with Crippen LogP contribution < -0.4 is 5.32 Å². The molecule has 1 N–H and O–H groups in total. The van der Waals surface area contributed by atoms with Gasteiger partial charge < -0.3 is 9.73 Å². The Balaban J connectivity index is 1.47. The fraction of sp³-hybridized carbons (Fsp3) is 0.0400. The lowest BCUT2D eigenvalue weighted by Gasteiger charge is -2.06. The molecule has 1 amide bonds. The van der Waals surface area contributed by atoms with Crippen LogP contribution in [-0.4, -0.2) is 15.8 Å². The molecule has 0 unspecified atom stereocenters. The second-order valence-corrected chi connectivity index (χ2v) is 8.41. The minimum absolute atomic E-state index is 0.0963. The lowest BCUT2D eigenvalue weighted by molar-refractivity contribution is -0.385. The fourth-order valence-electron chi connectivity index (χ4n) is 3.73.